The molecule has 0 unspecified atom stereocenters. The molecule has 0 aliphatic heterocycles. The second kappa shape index (κ2) is 14.1. The minimum absolute atomic E-state index is 0.514. The maximum atomic E-state index is 8.83. The lowest BCUT2D eigenvalue weighted by Gasteiger charge is -2.22. The Morgan fingerprint density at radius 1 is 1.07 bits per heavy atom. The molecule has 0 aromatic rings. The number of nitrogens with one attached hydrogen (secondary N) is 3. The summed E-state index contributed by atoms with van der Waals surface area (Å²) in [5, 5.41) is 15.8. The number of allylic oxidation sites excluding steroid dienone is 7. The highest BCUT2D eigenvalue weighted by Gasteiger charge is 2.16. The van der Waals surface area contributed by atoms with E-state index >= 15 is 0 Å². The summed E-state index contributed by atoms with van der Waals surface area (Å²) in [4.78, 5) is 0. The largest absolute Gasteiger partial charge is 0.391 e. The van der Waals surface area contributed by atoms with Crippen LogP contribution in [-0.2, 0) is 0 Å². The summed E-state index contributed by atoms with van der Waals surface area (Å²) in [6, 6.07) is 0.514. The van der Waals surface area contributed by atoms with E-state index in [1.54, 1.807) is 0 Å². The summed E-state index contributed by atoms with van der Waals surface area (Å²) in [6.45, 7) is 15.0. The van der Waals surface area contributed by atoms with Gasteiger partial charge in [0.25, 0.3) is 0 Å². The van der Waals surface area contributed by atoms with Crippen LogP contribution in [0.25, 0.3) is 0 Å². The van der Waals surface area contributed by atoms with Crippen LogP contribution in [0.1, 0.15) is 92.4 Å². The van der Waals surface area contributed by atoms with Crippen molar-refractivity contribution in [3.63, 3.8) is 0 Å². The van der Waals surface area contributed by atoms with Crippen LogP contribution in [0.2, 0.25) is 0 Å². The van der Waals surface area contributed by atoms with Crippen LogP contribution < -0.4 is 10.6 Å². The van der Waals surface area contributed by atoms with Crippen LogP contribution in [0.4, 0.5) is 0 Å². The molecule has 1 saturated carbocycles. The van der Waals surface area contributed by atoms with E-state index in [1.165, 1.54) is 44.1 Å². The van der Waals surface area contributed by atoms with E-state index in [2.05, 4.69) is 56.2 Å². The Kier molecular flexibility index (Phi) is 12.2. The Bertz CT molecular complexity index is 696. The molecule has 0 saturated heterocycles. The molecule has 0 spiro atoms. The van der Waals surface area contributed by atoms with E-state index in [0.29, 0.717) is 11.8 Å². The van der Waals surface area contributed by atoms with Crippen LogP contribution in [-0.4, -0.2) is 18.8 Å². The monoisotopic (exact) mass is 411 g/mol. The zero-order chi connectivity index (χ0) is 22.5. The molecule has 0 aromatic heterocycles. The fraction of sp³-hybridized carbons (Fsp3) is 0.593. The maximum absolute atomic E-state index is 8.83. The Morgan fingerprint density at radius 2 is 1.70 bits per heavy atom. The summed E-state index contributed by atoms with van der Waals surface area (Å²) in [6.07, 6.45) is 17.3. The first-order valence-electron chi connectivity index (χ1n) is 11.8. The summed E-state index contributed by atoms with van der Waals surface area (Å²) in [5.41, 5.74) is 7.02. The third kappa shape index (κ3) is 8.38. The molecule has 3 N–H and O–H groups in total. The van der Waals surface area contributed by atoms with E-state index < -0.39 is 0 Å². The van der Waals surface area contributed by atoms with Crippen LogP contribution in [0, 0.1) is 5.41 Å². The quantitative estimate of drug-likeness (QED) is 0.189. The average molecular weight is 412 g/mol. The smallest absolute Gasteiger partial charge is 0.0658 e. The van der Waals surface area contributed by atoms with Crippen molar-refractivity contribution in [2.75, 3.05) is 7.05 Å². The lowest BCUT2D eigenvalue weighted by Crippen LogP contribution is -2.28. The van der Waals surface area contributed by atoms with E-state index in [9.17, 15) is 0 Å². The fourth-order valence-electron chi connectivity index (χ4n) is 3.92. The number of hydrogen-bond donors (Lipinski definition) is 3. The van der Waals surface area contributed by atoms with Gasteiger partial charge in [0.2, 0.25) is 0 Å². The fourth-order valence-corrected chi connectivity index (χ4v) is 3.92. The molecule has 1 fully saturated rings. The van der Waals surface area contributed by atoms with Gasteiger partial charge >= 0.3 is 0 Å². The van der Waals surface area contributed by atoms with Crippen LogP contribution in [0.15, 0.2) is 58.5 Å². The predicted molar refractivity (Wildman–Crippen MR) is 134 cm³/mol. The van der Waals surface area contributed by atoms with Crippen molar-refractivity contribution < 1.29 is 0 Å². The minimum Gasteiger partial charge on any atom is -0.391 e. The summed E-state index contributed by atoms with van der Waals surface area (Å²) in [5.74, 6) is 0. The highest BCUT2D eigenvalue weighted by Crippen LogP contribution is 2.24. The number of hydrogen-bond acceptors (Lipinski definition) is 3. The first-order chi connectivity index (χ1) is 14.3. The van der Waals surface area contributed by atoms with E-state index in [4.69, 9.17) is 5.41 Å². The molecule has 3 heteroatoms. The zero-order valence-corrected chi connectivity index (χ0v) is 20.4. The molecule has 30 heavy (non-hydrogen) atoms. The Labute approximate surface area is 186 Å². The maximum Gasteiger partial charge on any atom is 0.0658 e. The highest BCUT2D eigenvalue weighted by atomic mass is 14.9. The summed E-state index contributed by atoms with van der Waals surface area (Å²) >= 11 is 0. The van der Waals surface area contributed by atoms with Crippen molar-refractivity contribution in [1.29, 1.82) is 5.41 Å². The number of rotatable bonds is 11. The molecular formula is C27H45N3. The molecule has 1 aliphatic rings. The van der Waals surface area contributed by atoms with Gasteiger partial charge in [-0.15, -0.1) is 0 Å². The highest BCUT2D eigenvalue weighted by molar-refractivity contribution is 6.12. The van der Waals surface area contributed by atoms with Gasteiger partial charge in [-0.05, 0) is 63.7 Å². The lowest BCUT2D eigenvalue weighted by molar-refractivity contribution is 0.505. The molecule has 0 amide bonds. The van der Waals surface area contributed by atoms with Crippen LogP contribution in [0.5, 0.6) is 0 Å². The Balaban J connectivity index is 3.32. The first-order valence-corrected chi connectivity index (χ1v) is 11.8. The van der Waals surface area contributed by atoms with Crippen molar-refractivity contribution in [3.8, 4) is 0 Å². The SMILES string of the molecule is C=C(NC1CCCCCC1)C(/C=C(\C=C/CC)C(=N)/C(C)=C(\C)NC)=C(/C)CCC. The van der Waals surface area contributed by atoms with Crippen molar-refractivity contribution in [3.05, 3.63) is 58.5 Å². The van der Waals surface area contributed by atoms with Gasteiger partial charge in [-0.25, -0.2) is 0 Å². The second-order valence-electron chi connectivity index (χ2n) is 8.54. The minimum atomic E-state index is 0.514. The molecule has 3 nitrogen and oxygen atoms in total. The van der Waals surface area contributed by atoms with Crippen molar-refractivity contribution in [2.24, 2.45) is 0 Å². The van der Waals surface area contributed by atoms with Gasteiger partial charge in [-0.3, -0.25) is 5.41 Å². The van der Waals surface area contributed by atoms with Crippen LogP contribution >= 0.6 is 0 Å². The van der Waals surface area contributed by atoms with Gasteiger partial charge in [-0.2, -0.15) is 0 Å². The van der Waals surface area contributed by atoms with Crippen molar-refractivity contribution in [2.45, 2.75) is 98.4 Å². The third-order valence-corrected chi connectivity index (χ3v) is 6.08. The molecule has 0 bridgehead atoms. The van der Waals surface area contributed by atoms with Gasteiger partial charge in [-0.1, -0.05) is 70.3 Å². The first kappa shape index (κ1) is 26.0. The molecular weight excluding hydrogens is 366 g/mol. The molecule has 0 atom stereocenters. The predicted octanol–water partition coefficient (Wildman–Crippen LogP) is 7.35. The van der Waals surface area contributed by atoms with Gasteiger partial charge in [0.1, 0.15) is 0 Å². The van der Waals surface area contributed by atoms with E-state index in [1.807, 2.05) is 20.9 Å². The zero-order valence-electron chi connectivity index (χ0n) is 20.4. The molecule has 0 heterocycles. The molecule has 0 radical (unpaired) electrons. The molecule has 1 aliphatic carbocycles. The Hall–Kier alpha value is -2.03. The van der Waals surface area contributed by atoms with E-state index in [0.717, 1.165) is 47.4 Å². The second-order valence-corrected chi connectivity index (χ2v) is 8.54. The molecule has 168 valence electrons. The van der Waals surface area contributed by atoms with Gasteiger partial charge in [0, 0.05) is 30.1 Å². The van der Waals surface area contributed by atoms with Crippen molar-refractivity contribution >= 4 is 5.71 Å². The van der Waals surface area contributed by atoms with Gasteiger partial charge in [0.05, 0.1) is 5.71 Å². The molecule has 1 rings (SSSR count). The lowest BCUT2D eigenvalue weighted by atomic mass is 9.94. The molecule has 0 aromatic carbocycles. The van der Waals surface area contributed by atoms with E-state index in [-0.39, 0.29) is 0 Å². The Morgan fingerprint density at radius 3 is 2.23 bits per heavy atom. The van der Waals surface area contributed by atoms with Crippen molar-refractivity contribution in [1.82, 2.24) is 10.6 Å². The van der Waals surface area contributed by atoms with Gasteiger partial charge in [0.15, 0.2) is 0 Å². The average Bonchev–Trinajstić information content (AvgIpc) is 3.00. The topological polar surface area (TPSA) is 47.9 Å². The summed E-state index contributed by atoms with van der Waals surface area (Å²) in [7, 11) is 1.91. The normalized spacial score (nSPS) is 17.9. The third-order valence-electron chi connectivity index (χ3n) is 6.08. The van der Waals surface area contributed by atoms with Crippen LogP contribution in [0.3, 0.4) is 0 Å². The summed E-state index contributed by atoms with van der Waals surface area (Å²) < 4.78 is 0. The van der Waals surface area contributed by atoms with Gasteiger partial charge < -0.3 is 10.6 Å². The standard InChI is InChI=1S/C27H45N3/c1-8-10-16-24(27(28)21(4)22(5)29-7)19-26(20(3)15-9-2)23(6)30-25-17-13-11-12-14-18-25/h10,16,19,25,28-30H,6,8-9,11-15,17-18H2,1-5,7H3/b16-10-,22-21+,24-19+,26-20-,28-27?.